The fraction of sp³-hybridized carbons (Fsp3) is 0.412. The first-order chi connectivity index (χ1) is 40.9. The summed E-state index contributed by atoms with van der Waals surface area (Å²) >= 11 is 6.68. The molecule has 0 radical (unpaired) electrons. The number of halogens is 1. The number of terminal acetylenes is 1. The number of nitrogens with two attached hydrogens (primary N) is 1. The van der Waals surface area contributed by atoms with Gasteiger partial charge in [-0.15, -0.1) is 17.8 Å². The third-order valence-electron chi connectivity index (χ3n) is 14.6. The molecule has 1 aromatic carbocycles. The number of thiazole rings is 1. The van der Waals surface area contributed by atoms with Gasteiger partial charge in [-0.25, -0.2) is 18.4 Å². The number of likely N-dealkylation sites (tertiary alicyclic amines) is 1. The summed E-state index contributed by atoms with van der Waals surface area (Å²) in [6, 6.07) is 3.94. The van der Waals surface area contributed by atoms with Crippen LogP contribution in [0.3, 0.4) is 0 Å². The molecule has 8 rings (SSSR count). The predicted octanol–water partition coefficient (Wildman–Crippen LogP) is 8.07. The van der Waals surface area contributed by atoms with Crippen molar-refractivity contribution in [3.05, 3.63) is 47.0 Å². The molecule has 432 valence electrons. The monoisotopic (exact) mass is 1190 g/mol. The van der Waals surface area contributed by atoms with E-state index in [4.69, 9.17) is 43.2 Å². The average Bonchev–Trinajstić information content (AvgIpc) is 1.88. The lowest BCUT2D eigenvalue weighted by Gasteiger charge is -2.27. The van der Waals surface area contributed by atoms with E-state index in [9.17, 15) is 27.6 Å². The smallest absolute Gasteiger partial charge is 0.316 e. The number of methoxy groups -OCH3 is 1. The van der Waals surface area contributed by atoms with Crippen LogP contribution in [0.1, 0.15) is 122 Å². The summed E-state index contributed by atoms with van der Waals surface area (Å²) in [4.78, 5) is 65.7. The molecule has 17 heteroatoms. The van der Waals surface area contributed by atoms with Crippen molar-refractivity contribution < 1.29 is 37.1 Å². The van der Waals surface area contributed by atoms with Crippen LogP contribution in [0.25, 0.3) is 21.6 Å². The van der Waals surface area contributed by atoms with Crippen molar-refractivity contribution in [2.24, 2.45) is 17.1 Å². The summed E-state index contributed by atoms with van der Waals surface area (Å²) in [5, 5.41) is 3.23. The lowest BCUT2D eigenvalue weighted by Crippen LogP contribution is -2.50. The standard InChI is InChI=1S/C40H51N5O7S2.C23H4.C5H8ClNO/c1-23(2)30-22-53-36(43-30)29-18-34(27-13-14-33(51-5)24(3)35(27)42-29)52-26-17-31-32(46)20-40(38(48)44-54(49,50)39(4)15-16-39)19-25(40)11-9-7-6-8-10-12-28(41)37(47)45(31)21-26;1-3-5-7-9-11-13-15-17-19-21-23-22-20-18-16-14-12-10-8-6-4-2;6-5(8)7-3-1-2-4-7/h9,11,13-14,18,22-23,25-26,28,31H,6-8,10,12,15-17,19-21,41H2,1-5H3,(H,44,48);1H,2H3;1-4H2/b11-9-;;/t25-,26-,28+,31+,40-;;/m1../s1. The van der Waals surface area contributed by atoms with Gasteiger partial charge in [0, 0.05) is 72.0 Å². The number of carbonyl (C=O) groups is 4. The Morgan fingerprint density at radius 3 is 1.99 bits per heavy atom. The van der Waals surface area contributed by atoms with E-state index in [0.717, 1.165) is 73.3 Å². The third-order valence-corrected chi connectivity index (χ3v) is 17.8. The average molecular weight is 1190 g/mol. The molecule has 2 saturated heterocycles. The molecule has 5 aliphatic rings. The number of Topliss-reactive ketones (excluding diaryl/α,β-unsaturated/α-hetero) is 1. The number of ketones is 1. The normalized spacial score (nSPS) is 20.5. The van der Waals surface area contributed by atoms with Crippen molar-refractivity contribution >= 4 is 66.8 Å². The quantitative estimate of drug-likeness (QED) is 0.0960. The molecule has 3 amide bonds. The van der Waals surface area contributed by atoms with E-state index in [1.165, 1.54) is 16.2 Å². The minimum atomic E-state index is -3.91. The van der Waals surface area contributed by atoms with Gasteiger partial charge in [0.05, 0.1) is 47.1 Å². The zero-order valence-electron chi connectivity index (χ0n) is 48.4. The number of rotatable bonds is 8. The number of fused-ring (bicyclic) bond motifs is 3. The molecule has 2 aliphatic carbocycles. The first-order valence-electron chi connectivity index (χ1n) is 27.6. The Morgan fingerprint density at radius 2 is 1.46 bits per heavy atom. The largest absolute Gasteiger partial charge is 0.496 e. The number of hydrogen-bond acceptors (Lipinski definition) is 12. The van der Waals surface area contributed by atoms with Gasteiger partial charge in [0.1, 0.15) is 28.3 Å². The second kappa shape index (κ2) is 31.6. The molecule has 3 aromatic rings. The van der Waals surface area contributed by atoms with Gasteiger partial charge in [-0.3, -0.25) is 23.9 Å². The number of nitrogens with one attached hydrogen (secondary N) is 1. The van der Waals surface area contributed by atoms with Crippen molar-refractivity contribution in [3.63, 3.8) is 0 Å². The molecule has 2 aromatic heterocycles. The van der Waals surface area contributed by atoms with Crippen molar-refractivity contribution in [3.8, 4) is 153 Å². The topological polar surface area (TPSA) is 191 Å². The highest BCUT2D eigenvalue weighted by Gasteiger charge is 2.62. The van der Waals surface area contributed by atoms with E-state index in [0.29, 0.717) is 48.4 Å². The number of pyridine rings is 1. The molecule has 0 spiro atoms. The fourth-order valence-corrected chi connectivity index (χ4v) is 11.8. The van der Waals surface area contributed by atoms with Gasteiger partial charge in [0.15, 0.2) is 5.78 Å². The molecule has 14 nitrogen and oxygen atoms in total. The van der Waals surface area contributed by atoms with E-state index >= 15 is 0 Å². The summed E-state index contributed by atoms with van der Waals surface area (Å²) < 4.78 is 40.1. The molecule has 3 N–H and O–H groups in total. The van der Waals surface area contributed by atoms with Crippen LogP contribution in [0.4, 0.5) is 4.79 Å². The molecule has 85 heavy (non-hydrogen) atoms. The van der Waals surface area contributed by atoms with Gasteiger partial charge in [0.2, 0.25) is 21.8 Å². The Hall–Kier alpha value is -8.96. The fourth-order valence-electron chi connectivity index (χ4n) is 9.36. The van der Waals surface area contributed by atoms with E-state index in [1.807, 2.05) is 42.7 Å². The first-order valence-corrected chi connectivity index (χ1v) is 30.4. The molecule has 3 aliphatic heterocycles. The third kappa shape index (κ3) is 18.5. The zero-order valence-corrected chi connectivity index (χ0v) is 50.8. The first kappa shape index (κ1) is 65.2. The van der Waals surface area contributed by atoms with E-state index in [-0.39, 0.29) is 48.3 Å². The number of allylic oxidation sites excluding steroid dienone is 2. The minimum Gasteiger partial charge on any atom is -0.496 e. The maximum absolute atomic E-state index is 14.5. The highest BCUT2D eigenvalue weighted by molar-refractivity contribution is 7.91. The molecule has 0 bridgehead atoms. The molecular formula is C68H63ClN6O8S2. The highest BCUT2D eigenvalue weighted by atomic mass is 35.5. The van der Waals surface area contributed by atoms with Gasteiger partial charge in [0.25, 0.3) is 0 Å². The molecule has 4 fully saturated rings. The minimum absolute atomic E-state index is 0.126. The van der Waals surface area contributed by atoms with Gasteiger partial charge < -0.3 is 25.0 Å². The van der Waals surface area contributed by atoms with Crippen molar-refractivity contribution in [1.29, 1.82) is 0 Å². The molecule has 0 unspecified atom stereocenters. The number of hydrogen-bond donors (Lipinski definition) is 2. The maximum atomic E-state index is 14.5. The van der Waals surface area contributed by atoms with Crippen LogP contribution in [-0.4, -0.2) is 101 Å². The Bertz CT molecular complexity index is 3950. The summed E-state index contributed by atoms with van der Waals surface area (Å²) in [6.45, 7) is 11.3. The number of nitrogens with zero attached hydrogens (tertiary/aromatic N) is 4. The Kier molecular flexibility index (Phi) is 24.3. The summed E-state index contributed by atoms with van der Waals surface area (Å²) in [6.07, 6.45) is 15.7. The Morgan fingerprint density at radius 1 is 0.859 bits per heavy atom. The second-order valence-corrected chi connectivity index (χ2v) is 24.3. The van der Waals surface area contributed by atoms with Crippen LogP contribution in [0.2, 0.25) is 0 Å². The summed E-state index contributed by atoms with van der Waals surface area (Å²) in [5.74, 6) is 51.8. The van der Waals surface area contributed by atoms with Gasteiger partial charge in [-0.1, -0.05) is 44.8 Å². The Labute approximate surface area is 509 Å². The number of aromatic nitrogens is 2. The van der Waals surface area contributed by atoms with Crippen molar-refractivity contribution in [2.75, 3.05) is 26.7 Å². The number of sulfonamides is 1. The van der Waals surface area contributed by atoms with E-state index < -0.39 is 44.3 Å². The van der Waals surface area contributed by atoms with Crippen LogP contribution in [0, 0.1) is 149 Å². The maximum Gasteiger partial charge on any atom is 0.316 e. The van der Waals surface area contributed by atoms with Crippen LogP contribution < -0.4 is 19.9 Å². The molecule has 5 heterocycles. The van der Waals surface area contributed by atoms with Gasteiger partial charge in [-0.2, -0.15) is 0 Å². The van der Waals surface area contributed by atoms with Gasteiger partial charge >= 0.3 is 5.37 Å². The lowest BCUT2D eigenvalue weighted by molar-refractivity contribution is -0.140. The molecule has 2 saturated carbocycles. The molecule has 5 atom stereocenters. The molecular weight excluding hydrogens is 1130 g/mol. The lowest BCUT2D eigenvalue weighted by atomic mass is 9.91. The zero-order chi connectivity index (χ0) is 61.4. The number of amides is 3. The SMILES string of the molecule is C#CC#CC#CC#CC#CC#CC#CC#CC#CC#CC#CC.COc1ccc2c(O[C@@H]3C[C@H]4C(=O)C[C@]5(C(=O)NS(=O)(=O)C6(C)CC6)C[C@H]5/C=C\CCCCC[C@H](N)C(=O)N4C3)cc(-c3nc(C(C)C)cs3)nc2c1C.O=C(Cl)N1CCCC1. The van der Waals surface area contributed by atoms with Crippen LogP contribution >= 0.6 is 22.9 Å². The number of benzene rings is 1. The number of ether oxygens (including phenoxy) is 2. The van der Waals surface area contributed by atoms with Crippen LogP contribution in [0.5, 0.6) is 11.5 Å². The number of carbonyl (C=O) groups excluding carboxylic acids is 4. The summed E-state index contributed by atoms with van der Waals surface area (Å²) in [5.41, 5.74) is 8.43. The van der Waals surface area contributed by atoms with Crippen LogP contribution in [0.15, 0.2) is 35.7 Å². The summed E-state index contributed by atoms with van der Waals surface area (Å²) in [7, 11) is -2.30. The van der Waals surface area contributed by atoms with Crippen molar-refractivity contribution in [1.82, 2.24) is 24.5 Å². The highest BCUT2D eigenvalue weighted by Crippen LogP contribution is 2.58. The van der Waals surface area contributed by atoms with Crippen LogP contribution in [-0.2, 0) is 24.4 Å². The van der Waals surface area contributed by atoms with Gasteiger partial charge in [-0.05, 0) is 202 Å². The second-order valence-electron chi connectivity index (χ2n) is 20.9. The Balaban J connectivity index is 0.000000308. The van der Waals surface area contributed by atoms with E-state index in [1.54, 1.807) is 25.9 Å². The number of aryl methyl sites for hydroxylation is 1. The van der Waals surface area contributed by atoms with E-state index in [2.05, 4.69) is 143 Å². The van der Waals surface area contributed by atoms with Crippen molar-refractivity contribution in [2.45, 2.75) is 141 Å². The predicted molar refractivity (Wildman–Crippen MR) is 332 cm³/mol.